The molecule has 0 unspecified atom stereocenters. The highest BCUT2D eigenvalue weighted by molar-refractivity contribution is 5.95. The molecule has 0 atom stereocenters. The van der Waals surface area contributed by atoms with E-state index >= 15 is 0 Å². The molecule has 0 spiro atoms. The highest BCUT2D eigenvalue weighted by atomic mass is 19.1. The average molecular weight is 398 g/mol. The zero-order valence-corrected chi connectivity index (χ0v) is 17.5. The van der Waals surface area contributed by atoms with Gasteiger partial charge >= 0.3 is 5.97 Å². The largest absolute Gasteiger partial charge is 0.423 e. The summed E-state index contributed by atoms with van der Waals surface area (Å²) >= 11 is 0. The van der Waals surface area contributed by atoms with Crippen LogP contribution in [-0.4, -0.2) is 5.97 Å². The van der Waals surface area contributed by atoms with Crippen LogP contribution in [0.3, 0.4) is 0 Å². The molecule has 0 heterocycles. The molecule has 0 amide bonds. The smallest absolute Gasteiger partial charge is 0.344 e. The standard InChI is InChI=1S/C27H23FO2/c1-16-11-18(3)26(19(4)12-16)27(29)30-24-10-9-21-13-20(7-8-22(21)14-24)23-6-5-17(2)25(28)15-23/h5-15H,1-4H3. The number of rotatable bonds is 3. The topological polar surface area (TPSA) is 26.3 Å². The number of aryl methyl sites for hydroxylation is 4. The molecular formula is C27H23FO2. The third kappa shape index (κ3) is 3.84. The number of esters is 1. The first-order chi connectivity index (χ1) is 14.3. The third-order valence-electron chi connectivity index (χ3n) is 5.41. The molecule has 0 N–H and O–H groups in total. The summed E-state index contributed by atoms with van der Waals surface area (Å²) in [5.41, 5.74) is 5.96. The normalized spacial score (nSPS) is 11.0. The van der Waals surface area contributed by atoms with Crippen LogP contribution < -0.4 is 4.74 Å². The fraction of sp³-hybridized carbons (Fsp3) is 0.148. The van der Waals surface area contributed by atoms with E-state index in [1.807, 2.05) is 69.3 Å². The van der Waals surface area contributed by atoms with Crippen molar-refractivity contribution in [3.05, 3.63) is 100 Å². The van der Waals surface area contributed by atoms with Gasteiger partial charge in [-0.05, 0) is 90.6 Å². The van der Waals surface area contributed by atoms with Crippen molar-refractivity contribution in [2.24, 2.45) is 0 Å². The molecule has 0 aliphatic heterocycles. The third-order valence-corrected chi connectivity index (χ3v) is 5.41. The van der Waals surface area contributed by atoms with Crippen molar-refractivity contribution in [2.45, 2.75) is 27.7 Å². The molecule has 0 radical (unpaired) electrons. The van der Waals surface area contributed by atoms with Crippen LogP contribution in [0.1, 0.15) is 32.6 Å². The highest BCUT2D eigenvalue weighted by Crippen LogP contribution is 2.29. The first-order valence-corrected chi connectivity index (χ1v) is 9.92. The fourth-order valence-electron chi connectivity index (χ4n) is 3.90. The second-order valence-electron chi connectivity index (χ2n) is 7.85. The zero-order valence-electron chi connectivity index (χ0n) is 17.5. The Bertz CT molecular complexity index is 1260. The number of carbonyl (C=O) groups excluding carboxylic acids is 1. The summed E-state index contributed by atoms with van der Waals surface area (Å²) in [6, 6.07) is 20.7. The van der Waals surface area contributed by atoms with Gasteiger partial charge in [-0.2, -0.15) is 0 Å². The van der Waals surface area contributed by atoms with Crippen molar-refractivity contribution in [3.8, 4) is 16.9 Å². The first kappa shape index (κ1) is 19.8. The van der Waals surface area contributed by atoms with Crippen LogP contribution in [0, 0.1) is 33.5 Å². The van der Waals surface area contributed by atoms with Crippen LogP contribution in [0.5, 0.6) is 5.75 Å². The molecule has 4 aromatic carbocycles. The predicted octanol–water partition coefficient (Wildman–Crippen LogP) is 7.10. The lowest BCUT2D eigenvalue weighted by Gasteiger charge is -2.12. The van der Waals surface area contributed by atoms with E-state index in [1.54, 1.807) is 25.1 Å². The molecule has 30 heavy (non-hydrogen) atoms. The zero-order chi connectivity index (χ0) is 21.4. The highest BCUT2D eigenvalue weighted by Gasteiger charge is 2.15. The van der Waals surface area contributed by atoms with Crippen LogP contribution in [-0.2, 0) is 0 Å². The van der Waals surface area contributed by atoms with Gasteiger partial charge in [-0.15, -0.1) is 0 Å². The fourth-order valence-corrected chi connectivity index (χ4v) is 3.90. The molecule has 0 aromatic heterocycles. The minimum atomic E-state index is -0.351. The molecule has 0 bridgehead atoms. The van der Waals surface area contributed by atoms with Crippen molar-refractivity contribution in [1.82, 2.24) is 0 Å². The first-order valence-electron chi connectivity index (χ1n) is 9.92. The summed E-state index contributed by atoms with van der Waals surface area (Å²) in [7, 11) is 0. The lowest BCUT2D eigenvalue weighted by Crippen LogP contribution is -2.12. The predicted molar refractivity (Wildman–Crippen MR) is 120 cm³/mol. The van der Waals surface area contributed by atoms with E-state index in [2.05, 4.69) is 0 Å². The van der Waals surface area contributed by atoms with Crippen LogP contribution in [0.4, 0.5) is 4.39 Å². The van der Waals surface area contributed by atoms with Gasteiger partial charge in [0.05, 0.1) is 5.56 Å². The van der Waals surface area contributed by atoms with Crippen LogP contribution >= 0.6 is 0 Å². The van der Waals surface area contributed by atoms with Crippen molar-refractivity contribution < 1.29 is 13.9 Å². The van der Waals surface area contributed by atoms with Gasteiger partial charge in [0.25, 0.3) is 0 Å². The Labute approximate surface area is 175 Å². The van der Waals surface area contributed by atoms with Gasteiger partial charge in [0.2, 0.25) is 0 Å². The van der Waals surface area contributed by atoms with Crippen molar-refractivity contribution in [1.29, 1.82) is 0 Å². The van der Waals surface area contributed by atoms with Crippen molar-refractivity contribution >= 4 is 16.7 Å². The van der Waals surface area contributed by atoms with Gasteiger partial charge in [0.15, 0.2) is 0 Å². The molecule has 0 aliphatic rings. The number of hydrogen-bond acceptors (Lipinski definition) is 2. The summed E-state index contributed by atoms with van der Waals surface area (Å²) in [6.45, 7) is 7.61. The van der Waals surface area contributed by atoms with Gasteiger partial charge < -0.3 is 4.74 Å². The van der Waals surface area contributed by atoms with E-state index in [1.165, 1.54) is 0 Å². The van der Waals surface area contributed by atoms with Crippen LogP contribution in [0.15, 0.2) is 66.7 Å². The lowest BCUT2D eigenvalue weighted by molar-refractivity contribution is 0.0733. The molecule has 0 aliphatic carbocycles. The van der Waals surface area contributed by atoms with E-state index < -0.39 is 0 Å². The quantitative estimate of drug-likeness (QED) is 0.272. The number of fused-ring (bicyclic) bond motifs is 1. The summed E-state index contributed by atoms with van der Waals surface area (Å²) in [6.07, 6.45) is 0. The van der Waals surface area contributed by atoms with Crippen LogP contribution in [0.2, 0.25) is 0 Å². The number of hydrogen-bond donors (Lipinski definition) is 0. The van der Waals surface area contributed by atoms with Crippen LogP contribution in [0.25, 0.3) is 21.9 Å². The monoisotopic (exact) mass is 398 g/mol. The maximum absolute atomic E-state index is 13.9. The summed E-state index contributed by atoms with van der Waals surface area (Å²) < 4.78 is 19.6. The van der Waals surface area contributed by atoms with Crippen molar-refractivity contribution in [3.63, 3.8) is 0 Å². The van der Waals surface area contributed by atoms with Gasteiger partial charge in [-0.25, -0.2) is 9.18 Å². The molecular weight excluding hydrogens is 375 g/mol. The molecule has 2 nitrogen and oxygen atoms in total. The molecule has 150 valence electrons. The Balaban J connectivity index is 1.63. The molecule has 3 heteroatoms. The minimum absolute atomic E-state index is 0.212. The maximum Gasteiger partial charge on any atom is 0.344 e. The Morgan fingerprint density at radius 3 is 2.00 bits per heavy atom. The van der Waals surface area contributed by atoms with E-state index in [4.69, 9.17) is 4.74 Å². The Hall–Kier alpha value is -3.46. The van der Waals surface area contributed by atoms with Gasteiger partial charge in [-0.1, -0.05) is 48.0 Å². The molecule has 0 saturated heterocycles. The second kappa shape index (κ2) is 7.75. The molecule has 4 rings (SSSR count). The summed E-state index contributed by atoms with van der Waals surface area (Å²) in [5.74, 6) is -0.0614. The number of ether oxygens (including phenoxy) is 1. The lowest BCUT2D eigenvalue weighted by atomic mass is 9.99. The Morgan fingerprint density at radius 1 is 0.700 bits per heavy atom. The number of carbonyl (C=O) groups is 1. The average Bonchev–Trinajstić information content (AvgIpc) is 2.69. The number of benzene rings is 4. The van der Waals surface area contributed by atoms with Gasteiger partial charge in [-0.3, -0.25) is 0 Å². The minimum Gasteiger partial charge on any atom is -0.423 e. The van der Waals surface area contributed by atoms with Gasteiger partial charge in [0.1, 0.15) is 11.6 Å². The van der Waals surface area contributed by atoms with E-state index in [-0.39, 0.29) is 11.8 Å². The maximum atomic E-state index is 13.9. The SMILES string of the molecule is Cc1cc(C)c(C(=O)Oc2ccc3cc(-c4ccc(C)c(F)c4)ccc3c2)c(C)c1. The summed E-state index contributed by atoms with van der Waals surface area (Å²) in [5, 5.41) is 1.95. The van der Waals surface area contributed by atoms with Crippen molar-refractivity contribution in [2.75, 3.05) is 0 Å². The Kier molecular flexibility index (Phi) is 5.13. The molecule has 0 fully saturated rings. The molecule has 4 aromatic rings. The molecule has 0 saturated carbocycles. The van der Waals surface area contributed by atoms with E-state index in [0.717, 1.165) is 38.6 Å². The second-order valence-corrected chi connectivity index (χ2v) is 7.85. The Morgan fingerprint density at radius 2 is 1.30 bits per heavy atom. The van der Waals surface area contributed by atoms with Gasteiger partial charge in [0, 0.05) is 0 Å². The van der Waals surface area contributed by atoms with E-state index in [9.17, 15) is 9.18 Å². The number of halogens is 1. The van der Waals surface area contributed by atoms with E-state index in [0.29, 0.717) is 16.9 Å². The summed E-state index contributed by atoms with van der Waals surface area (Å²) in [4.78, 5) is 12.7.